The standard InChI is InChI=1S/C23H23N3O2S/c1-16-25-20(15-29-16)18-11-9-17(10-12-18)14-24-22(27)21-8-5-13-26(21)23(28)19-6-3-2-4-7-19/h2-4,6-7,9-12,15,21H,5,8,13-14H2,1H3,(H,24,27)/t21-/m1/s1. The van der Waals surface area contributed by atoms with Gasteiger partial charge in [-0.05, 0) is 37.5 Å². The molecule has 1 saturated heterocycles. The molecule has 0 saturated carbocycles. The van der Waals surface area contributed by atoms with E-state index >= 15 is 0 Å². The molecule has 5 nitrogen and oxygen atoms in total. The molecule has 0 spiro atoms. The fraction of sp³-hybridized carbons (Fsp3) is 0.261. The lowest BCUT2D eigenvalue weighted by Gasteiger charge is -2.24. The maximum absolute atomic E-state index is 12.8. The van der Waals surface area contributed by atoms with Crippen molar-refractivity contribution >= 4 is 23.2 Å². The lowest BCUT2D eigenvalue weighted by atomic mass is 10.1. The van der Waals surface area contributed by atoms with E-state index in [2.05, 4.69) is 10.3 Å². The predicted octanol–water partition coefficient (Wildman–Crippen LogP) is 4.04. The number of likely N-dealkylation sites (tertiary alicyclic amines) is 1. The molecular formula is C23H23N3O2S. The van der Waals surface area contributed by atoms with Gasteiger partial charge in [0.15, 0.2) is 0 Å². The number of nitrogens with one attached hydrogen (secondary N) is 1. The summed E-state index contributed by atoms with van der Waals surface area (Å²) < 4.78 is 0. The van der Waals surface area contributed by atoms with Crippen LogP contribution < -0.4 is 5.32 Å². The first-order chi connectivity index (χ1) is 14.1. The summed E-state index contributed by atoms with van der Waals surface area (Å²) in [5.74, 6) is -0.169. The molecule has 1 atom stereocenters. The number of aryl methyl sites for hydroxylation is 1. The van der Waals surface area contributed by atoms with Crippen LogP contribution in [0.4, 0.5) is 0 Å². The Hall–Kier alpha value is -2.99. The molecule has 0 unspecified atom stereocenters. The maximum Gasteiger partial charge on any atom is 0.254 e. The molecule has 6 heteroatoms. The molecule has 2 amide bonds. The van der Waals surface area contributed by atoms with Crippen LogP contribution in [0.15, 0.2) is 60.0 Å². The highest BCUT2D eigenvalue weighted by atomic mass is 32.1. The second kappa shape index (κ2) is 8.57. The molecule has 3 aromatic rings. The van der Waals surface area contributed by atoms with Crippen LogP contribution >= 0.6 is 11.3 Å². The van der Waals surface area contributed by atoms with Crippen molar-refractivity contribution in [2.45, 2.75) is 32.4 Å². The minimum atomic E-state index is -0.403. The second-order valence-corrected chi connectivity index (χ2v) is 8.25. The lowest BCUT2D eigenvalue weighted by Crippen LogP contribution is -2.45. The number of carbonyl (C=O) groups is 2. The van der Waals surface area contributed by atoms with Crippen molar-refractivity contribution in [2.75, 3.05) is 6.54 Å². The van der Waals surface area contributed by atoms with Gasteiger partial charge in [0.1, 0.15) is 6.04 Å². The first kappa shape index (κ1) is 19.3. The van der Waals surface area contributed by atoms with Gasteiger partial charge in [-0.15, -0.1) is 11.3 Å². The molecule has 1 aliphatic rings. The molecule has 1 fully saturated rings. The topological polar surface area (TPSA) is 62.3 Å². The monoisotopic (exact) mass is 405 g/mol. The Bertz CT molecular complexity index is 998. The van der Waals surface area contributed by atoms with Crippen LogP contribution in [0.2, 0.25) is 0 Å². The van der Waals surface area contributed by atoms with Crippen molar-refractivity contribution in [3.05, 3.63) is 76.1 Å². The van der Waals surface area contributed by atoms with Crippen molar-refractivity contribution in [2.24, 2.45) is 0 Å². The number of thiazole rings is 1. The van der Waals surface area contributed by atoms with E-state index in [0.717, 1.165) is 28.2 Å². The molecule has 4 rings (SSSR count). The van der Waals surface area contributed by atoms with Crippen molar-refractivity contribution in [3.63, 3.8) is 0 Å². The van der Waals surface area contributed by atoms with Gasteiger partial charge in [0.2, 0.25) is 5.91 Å². The van der Waals surface area contributed by atoms with Crippen LogP contribution in [-0.2, 0) is 11.3 Å². The van der Waals surface area contributed by atoms with Crippen LogP contribution in [0, 0.1) is 6.92 Å². The largest absolute Gasteiger partial charge is 0.350 e. The summed E-state index contributed by atoms with van der Waals surface area (Å²) in [6.45, 7) is 3.06. The van der Waals surface area contributed by atoms with E-state index in [-0.39, 0.29) is 11.8 Å². The van der Waals surface area contributed by atoms with Crippen LogP contribution in [0.1, 0.15) is 33.8 Å². The van der Waals surface area contributed by atoms with Gasteiger partial charge in [0.25, 0.3) is 5.91 Å². The zero-order chi connectivity index (χ0) is 20.2. The normalized spacial score (nSPS) is 16.0. The summed E-state index contributed by atoms with van der Waals surface area (Å²) in [6.07, 6.45) is 1.55. The summed E-state index contributed by atoms with van der Waals surface area (Å²) in [6, 6.07) is 16.8. The Morgan fingerprint density at radius 3 is 2.59 bits per heavy atom. The minimum absolute atomic E-state index is 0.0776. The Morgan fingerprint density at radius 2 is 1.90 bits per heavy atom. The lowest BCUT2D eigenvalue weighted by molar-refractivity contribution is -0.125. The van der Waals surface area contributed by atoms with E-state index in [1.807, 2.05) is 54.8 Å². The van der Waals surface area contributed by atoms with Gasteiger partial charge in [0, 0.05) is 29.6 Å². The number of amides is 2. The fourth-order valence-electron chi connectivity index (χ4n) is 3.63. The SMILES string of the molecule is Cc1nc(-c2ccc(CNC(=O)[C@H]3CCCN3C(=O)c3ccccc3)cc2)cs1. The Labute approximate surface area is 174 Å². The van der Waals surface area contributed by atoms with Gasteiger partial charge in [0.05, 0.1) is 10.7 Å². The van der Waals surface area contributed by atoms with E-state index in [4.69, 9.17) is 0 Å². The van der Waals surface area contributed by atoms with Crippen molar-refractivity contribution in [1.82, 2.24) is 15.2 Å². The fourth-order valence-corrected chi connectivity index (χ4v) is 4.25. The number of hydrogen-bond acceptors (Lipinski definition) is 4. The van der Waals surface area contributed by atoms with Gasteiger partial charge in [-0.3, -0.25) is 9.59 Å². The molecule has 1 aromatic heterocycles. The van der Waals surface area contributed by atoms with Gasteiger partial charge >= 0.3 is 0 Å². The predicted molar refractivity (Wildman–Crippen MR) is 115 cm³/mol. The molecule has 0 radical (unpaired) electrons. The molecule has 1 N–H and O–H groups in total. The first-order valence-corrected chi connectivity index (χ1v) is 10.6. The summed E-state index contributed by atoms with van der Waals surface area (Å²) in [4.78, 5) is 31.7. The van der Waals surface area contributed by atoms with E-state index in [0.29, 0.717) is 25.1 Å². The van der Waals surface area contributed by atoms with Gasteiger partial charge in [-0.1, -0.05) is 42.5 Å². The van der Waals surface area contributed by atoms with Gasteiger partial charge in [-0.2, -0.15) is 0 Å². The average Bonchev–Trinajstić information content (AvgIpc) is 3.42. The smallest absolute Gasteiger partial charge is 0.254 e. The van der Waals surface area contributed by atoms with E-state index in [1.54, 1.807) is 28.4 Å². The molecule has 148 valence electrons. The van der Waals surface area contributed by atoms with Crippen molar-refractivity contribution < 1.29 is 9.59 Å². The molecule has 2 heterocycles. The van der Waals surface area contributed by atoms with Crippen LogP contribution in [0.5, 0.6) is 0 Å². The molecule has 0 bridgehead atoms. The number of rotatable bonds is 5. The van der Waals surface area contributed by atoms with Crippen molar-refractivity contribution in [1.29, 1.82) is 0 Å². The Kier molecular flexibility index (Phi) is 5.71. The summed E-state index contributed by atoms with van der Waals surface area (Å²) in [5, 5.41) is 6.08. The number of benzene rings is 2. The molecule has 1 aliphatic heterocycles. The van der Waals surface area contributed by atoms with E-state index in [9.17, 15) is 9.59 Å². The molecule has 0 aliphatic carbocycles. The number of carbonyl (C=O) groups excluding carboxylic acids is 2. The van der Waals surface area contributed by atoms with Crippen molar-refractivity contribution in [3.8, 4) is 11.3 Å². The van der Waals surface area contributed by atoms with E-state index in [1.165, 1.54) is 0 Å². The van der Waals surface area contributed by atoms with E-state index < -0.39 is 6.04 Å². The van der Waals surface area contributed by atoms with Crippen LogP contribution in [0.3, 0.4) is 0 Å². The summed E-state index contributed by atoms with van der Waals surface area (Å²) >= 11 is 1.63. The number of aromatic nitrogens is 1. The quantitative estimate of drug-likeness (QED) is 0.697. The molecule has 29 heavy (non-hydrogen) atoms. The van der Waals surface area contributed by atoms with Crippen LogP contribution in [-0.4, -0.2) is 34.3 Å². The highest BCUT2D eigenvalue weighted by Gasteiger charge is 2.34. The Morgan fingerprint density at radius 1 is 1.14 bits per heavy atom. The third kappa shape index (κ3) is 4.38. The zero-order valence-electron chi connectivity index (χ0n) is 16.3. The molecule has 2 aromatic carbocycles. The third-order valence-corrected chi connectivity index (χ3v) is 5.95. The Balaban J connectivity index is 1.37. The van der Waals surface area contributed by atoms with Gasteiger partial charge in [-0.25, -0.2) is 4.98 Å². The second-order valence-electron chi connectivity index (χ2n) is 7.19. The highest BCUT2D eigenvalue weighted by molar-refractivity contribution is 7.09. The van der Waals surface area contributed by atoms with Crippen LogP contribution in [0.25, 0.3) is 11.3 Å². The number of nitrogens with zero attached hydrogens (tertiary/aromatic N) is 2. The summed E-state index contributed by atoms with van der Waals surface area (Å²) in [5.41, 5.74) is 3.69. The first-order valence-electron chi connectivity index (χ1n) is 9.77. The summed E-state index contributed by atoms with van der Waals surface area (Å²) in [7, 11) is 0. The van der Waals surface area contributed by atoms with Gasteiger partial charge < -0.3 is 10.2 Å². The third-order valence-electron chi connectivity index (χ3n) is 5.17. The zero-order valence-corrected chi connectivity index (χ0v) is 17.1. The number of hydrogen-bond donors (Lipinski definition) is 1. The average molecular weight is 406 g/mol. The molecular weight excluding hydrogens is 382 g/mol. The maximum atomic E-state index is 12.8. The highest BCUT2D eigenvalue weighted by Crippen LogP contribution is 2.23. The minimum Gasteiger partial charge on any atom is -0.350 e.